The lowest BCUT2D eigenvalue weighted by atomic mass is 9.89. The van der Waals surface area contributed by atoms with Crippen molar-refractivity contribution in [3.8, 4) is 0 Å². The van der Waals surface area contributed by atoms with Crippen LogP contribution >= 0.6 is 0 Å². The van der Waals surface area contributed by atoms with E-state index in [0.29, 0.717) is 0 Å². The molecule has 0 saturated carbocycles. The van der Waals surface area contributed by atoms with Gasteiger partial charge in [0.2, 0.25) is 0 Å². The van der Waals surface area contributed by atoms with E-state index >= 15 is 0 Å². The van der Waals surface area contributed by atoms with E-state index in [-0.39, 0.29) is 0 Å². The molecule has 25 heavy (non-hydrogen) atoms. The molecule has 124 valence electrons. The Hall–Kier alpha value is -3.07. The maximum Gasteiger partial charge on any atom is 0.141 e. The topological polar surface area (TPSA) is 29.3 Å². The van der Waals surface area contributed by atoms with Crippen molar-refractivity contribution in [2.24, 2.45) is 0 Å². The smallest absolute Gasteiger partial charge is 0.141 e. The number of rotatable bonds is 3. The molecule has 0 fully saturated rings. The molecule has 0 amide bonds. The van der Waals surface area contributed by atoms with E-state index in [1.165, 1.54) is 11.1 Å². The van der Waals surface area contributed by atoms with Gasteiger partial charge in [-0.15, -0.1) is 0 Å². The lowest BCUT2D eigenvalue weighted by Gasteiger charge is -2.31. The van der Waals surface area contributed by atoms with Crippen LogP contribution < -0.4 is 0 Å². The summed E-state index contributed by atoms with van der Waals surface area (Å²) in [7, 11) is 0. The molecule has 3 heteroatoms. The van der Waals surface area contributed by atoms with Crippen molar-refractivity contribution in [2.45, 2.75) is 20.4 Å². The van der Waals surface area contributed by atoms with Gasteiger partial charge in [0.1, 0.15) is 5.76 Å². The highest BCUT2D eigenvalue weighted by molar-refractivity contribution is 5.91. The van der Waals surface area contributed by atoms with Gasteiger partial charge < -0.3 is 9.42 Å². The number of nitrogens with zero attached hydrogens (tertiary/aromatic N) is 2. The molecule has 1 aliphatic heterocycles. The fraction of sp³-hybridized carbons (Fsp3) is 0.136. The van der Waals surface area contributed by atoms with Crippen molar-refractivity contribution >= 4 is 11.3 Å². The molecule has 0 radical (unpaired) electrons. The van der Waals surface area contributed by atoms with E-state index in [1.807, 2.05) is 19.9 Å². The zero-order chi connectivity index (χ0) is 17.4. The van der Waals surface area contributed by atoms with Crippen LogP contribution in [0.4, 0.5) is 0 Å². The Bertz CT molecular complexity index is 947. The van der Waals surface area contributed by atoms with Crippen LogP contribution in [0, 0.1) is 13.8 Å². The van der Waals surface area contributed by atoms with Gasteiger partial charge in [0.05, 0.1) is 5.69 Å². The molecule has 2 heterocycles. The number of fused-ring (bicyclic) bond motifs is 1. The van der Waals surface area contributed by atoms with Crippen LogP contribution in [0.3, 0.4) is 0 Å². The quantitative estimate of drug-likeness (QED) is 0.664. The summed E-state index contributed by atoms with van der Waals surface area (Å²) in [6, 6.07) is 18.8. The summed E-state index contributed by atoms with van der Waals surface area (Å²) < 4.78 is 5.41. The van der Waals surface area contributed by atoms with Gasteiger partial charge in [-0.25, -0.2) is 0 Å². The van der Waals surface area contributed by atoms with Gasteiger partial charge in [-0.1, -0.05) is 66.3 Å². The average Bonchev–Trinajstić information content (AvgIpc) is 2.97. The van der Waals surface area contributed by atoms with Crippen LogP contribution in [0.25, 0.3) is 11.3 Å². The first-order valence-corrected chi connectivity index (χ1v) is 8.39. The highest BCUT2D eigenvalue weighted by atomic mass is 16.5. The minimum absolute atomic E-state index is 0.779. The van der Waals surface area contributed by atoms with E-state index in [4.69, 9.17) is 4.52 Å². The Morgan fingerprint density at radius 3 is 2.32 bits per heavy atom. The minimum atomic E-state index is 0.779. The zero-order valence-corrected chi connectivity index (χ0v) is 14.5. The second kappa shape index (κ2) is 6.10. The Morgan fingerprint density at radius 1 is 0.960 bits per heavy atom. The van der Waals surface area contributed by atoms with Gasteiger partial charge in [0.25, 0.3) is 0 Å². The first-order chi connectivity index (χ1) is 12.1. The molecule has 0 saturated heterocycles. The van der Waals surface area contributed by atoms with E-state index in [0.717, 1.165) is 40.4 Å². The Kier molecular flexibility index (Phi) is 3.77. The average molecular weight is 328 g/mol. The largest absolute Gasteiger partial charge is 0.361 e. The van der Waals surface area contributed by atoms with Gasteiger partial charge in [0, 0.05) is 35.1 Å². The molecule has 0 unspecified atom stereocenters. The molecule has 0 atom stereocenters. The fourth-order valence-corrected chi connectivity index (χ4v) is 3.42. The van der Waals surface area contributed by atoms with Crippen LogP contribution in [0.15, 0.2) is 71.9 Å². The van der Waals surface area contributed by atoms with Gasteiger partial charge in [-0.2, -0.15) is 0 Å². The normalized spacial score (nSPS) is 13.6. The third-order valence-corrected chi connectivity index (χ3v) is 4.66. The van der Waals surface area contributed by atoms with Crippen LogP contribution in [0.2, 0.25) is 0 Å². The summed E-state index contributed by atoms with van der Waals surface area (Å²) in [5, 5.41) is 4.14. The second-order valence-corrected chi connectivity index (χ2v) is 6.35. The maximum atomic E-state index is 5.41. The number of aromatic nitrogens is 1. The standard InChI is InChI=1S/C22H20N2O/c1-15-22(17(3)25-23-15)21-14-24(13-18-9-5-4-6-10-18)16(2)19-11-7-8-12-20(19)21/h4-12,14H,2,13H2,1,3H3. The fourth-order valence-electron chi connectivity index (χ4n) is 3.42. The SMILES string of the molecule is C=C1c2ccccc2C(c2c(C)noc2C)=CN1Cc1ccccc1. The number of aryl methyl sites for hydroxylation is 2. The van der Waals surface area contributed by atoms with Crippen molar-refractivity contribution in [3.05, 3.63) is 101 Å². The van der Waals surface area contributed by atoms with Crippen molar-refractivity contribution in [1.82, 2.24) is 10.1 Å². The molecule has 2 aromatic carbocycles. The van der Waals surface area contributed by atoms with Crippen LogP contribution in [-0.4, -0.2) is 10.1 Å². The summed E-state index contributed by atoms with van der Waals surface area (Å²) in [5.41, 5.74) is 7.69. The molecule has 0 spiro atoms. The number of benzene rings is 2. The van der Waals surface area contributed by atoms with Gasteiger partial charge in [0.15, 0.2) is 0 Å². The molecular weight excluding hydrogens is 308 g/mol. The molecule has 4 rings (SSSR count). The van der Waals surface area contributed by atoms with E-state index in [9.17, 15) is 0 Å². The predicted octanol–water partition coefficient (Wildman–Crippen LogP) is 5.17. The zero-order valence-electron chi connectivity index (χ0n) is 14.5. The predicted molar refractivity (Wildman–Crippen MR) is 101 cm³/mol. The number of hydrogen-bond acceptors (Lipinski definition) is 3. The van der Waals surface area contributed by atoms with Crippen LogP contribution in [0.5, 0.6) is 0 Å². The van der Waals surface area contributed by atoms with E-state index < -0.39 is 0 Å². The maximum absolute atomic E-state index is 5.41. The molecule has 1 aromatic heterocycles. The lowest BCUT2D eigenvalue weighted by Crippen LogP contribution is -2.20. The Morgan fingerprint density at radius 2 is 1.64 bits per heavy atom. The van der Waals surface area contributed by atoms with Crippen molar-refractivity contribution in [2.75, 3.05) is 0 Å². The molecule has 0 N–H and O–H groups in total. The minimum Gasteiger partial charge on any atom is -0.361 e. The monoisotopic (exact) mass is 328 g/mol. The van der Waals surface area contributed by atoms with Crippen LogP contribution in [0.1, 0.15) is 33.7 Å². The third kappa shape index (κ3) is 2.68. The Balaban J connectivity index is 1.85. The summed E-state index contributed by atoms with van der Waals surface area (Å²) >= 11 is 0. The summed E-state index contributed by atoms with van der Waals surface area (Å²) in [6.07, 6.45) is 2.17. The van der Waals surface area contributed by atoms with Crippen LogP contribution in [-0.2, 0) is 6.54 Å². The van der Waals surface area contributed by atoms with Crippen molar-refractivity contribution in [3.63, 3.8) is 0 Å². The molecule has 3 aromatic rings. The number of hydrogen-bond donors (Lipinski definition) is 0. The molecule has 0 aliphatic carbocycles. The van der Waals surface area contributed by atoms with E-state index in [1.54, 1.807) is 0 Å². The van der Waals surface area contributed by atoms with E-state index in [2.05, 4.69) is 71.4 Å². The lowest BCUT2D eigenvalue weighted by molar-refractivity contribution is 0.393. The summed E-state index contributed by atoms with van der Waals surface area (Å²) in [5.74, 6) is 0.839. The second-order valence-electron chi connectivity index (χ2n) is 6.35. The third-order valence-electron chi connectivity index (χ3n) is 4.66. The van der Waals surface area contributed by atoms with Gasteiger partial charge >= 0.3 is 0 Å². The summed E-state index contributed by atoms with van der Waals surface area (Å²) in [6.45, 7) is 9.06. The van der Waals surface area contributed by atoms with Gasteiger partial charge in [-0.05, 0) is 25.0 Å². The highest BCUT2D eigenvalue weighted by Gasteiger charge is 2.25. The van der Waals surface area contributed by atoms with Crippen molar-refractivity contribution < 1.29 is 4.52 Å². The van der Waals surface area contributed by atoms with Gasteiger partial charge in [-0.3, -0.25) is 0 Å². The van der Waals surface area contributed by atoms with Crippen molar-refractivity contribution in [1.29, 1.82) is 0 Å². The first kappa shape index (κ1) is 15.5. The molecule has 3 nitrogen and oxygen atoms in total. The molecule has 0 bridgehead atoms. The summed E-state index contributed by atoms with van der Waals surface area (Å²) in [4.78, 5) is 2.21. The molecular formula is C22H20N2O. The molecule has 1 aliphatic rings. The highest BCUT2D eigenvalue weighted by Crippen LogP contribution is 2.39. The Labute approximate surface area is 147 Å². The first-order valence-electron chi connectivity index (χ1n) is 8.39.